The Morgan fingerprint density at radius 1 is 1.12 bits per heavy atom. The van der Waals surface area contributed by atoms with Gasteiger partial charge in [-0.25, -0.2) is 9.97 Å². The first-order chi connectivity index (χ1) is 8.25. The molecule has 1 N–H and O–H groups in total. The number of aromatic nitrogens is 2. The van der Waals surface area contributed by atoms with Gasteiger partial charge in [-0.3, -0.25) is 0 Å². The van der Waals surface area contributed by atoms with E-state index in [1.807, 2.05) is 12.4 Å². The highest BCUT2D eigenvalue weighted by Gasteiger charge is 2.04. The molecule has 0 unspecified atom stereocenters. The second-order valence-corrected chi connectivity index (χ2v) is 4.26. The molecule has 88 valence electrons. The molecule has 0 radical (unpaired) electrons. The van der Waals surface area contributed by atoms with Crippen LogP contribution in [-0.4, -0.2) is 9.97 Å². The number of nitrogens with zero attached hydrogens (tertiary/aromatic N) is 2. The number of rotatable bonds is 4. The van der Waals surface area contributed by atoms with Crippen LogP contribution in [0, 0.1) is 6.92 Å². The molecule has 2 rings (SSSR count). The Morgan fingerprint density at radius 2 is 1.76 bits per heavy atom. The van der Waals surface area contributed by atoms with E-state index in [1.165, 1.54) is 11.1 Å². The smallest absolute Gasteiger partial charge is 0.115 e. The molecule has 0 amide bonds. The van der Waals surface area contributed by atoms with Crippen LogP contribution in [0.3, 0.4) is 0 Å². The summed E-state index contributed by atoms with van der Waals surface area (Å²) in [5, 5.41) is 3.45. The summed E-state index contributed by atoms with van der Waals surface area (Å²) in [6, 6.07) is 8.93. The molecule has 0 aliphatic carbocycles. The summed E-state index contributed by atoms with van der Waals surface area (Å²) in [4.78, 5) is 7.99. The molecule has 0 fully saturated rings. The second-order valence-electron chi connectivity index (χ2n) is 4.26. The molecular formula is C14H17N3. The Labute approximate surface area is 102 Å². The summed E-state index contributed by atoms with van der Waals surface area (Å²) in [6.07, 6.45) is 5.22. The highest BCUT2D eigenvalue weighted by atomic mass is 14.9. The molecular weight excluding hydrogens is 210 g/mol. The third-order valence-corrected chi connectivity index (χ3v) is 2.80. The van der Waals surface area contributed by atoms with Crippen molar-refractivity contribution >= 4 is 0 Å². The number of hydrogen-bond acceptors (Lipinski definition) is 3. The Hall–Kier alpha value is -1.74. The van der Waals surface area contributed by atoms with Crippen LogP contribution < -0.4 is 5.32 Å². The van der Waals surface area contributed by atoms with Crippen LogP contribution in [0.1, 0.15) is 29.7 Å². The Morgan fingerprint density at radius 3 is 2.41 bits per heavy atom. The lowest BCUT2D eigenvalue weighted by Crippen LogP contribution is -2.18. The van der Waals surface area contributed by atoms with Crippen molar-refractivity contribution in [3.63, 3.8) is 0 Å². The Bertz CT molecular complexity index is 451. The van der Waals surface area contributed by atoms with Crippen molar-refractivity contribution in [3.8, 4) is 0 Å². The van der Waals surface area contributed by atoms with Crippen LogP contribution in [-0.2, 0) is 6.54 Å². The van der Waals surface area contributed by atoms with Gasteiger partial charge in [-0.1, -0.05) is 29.8 Å². The maximum Gasteiger partial charge on any atom is 0.115 e. The molecule has 1 aromatic carbocycles. The number of nitrogens with one attached hydrogen (secondary N) is 1. The molecule has 1 aromatic heterocycles. The summed E-state index contributed by atoms with van der Waals surface area (Å²) in [7, 11) is 0. The lowest BCUT2D eigenvalue weighted by atomic mass is 10.1. The van der Waals surface area contributed by atoms with Crippen LogP contribution >= 0.6 is 0 Å². The third-order valence-electron chi connectivity index (χ3n) is 2.80. The zero-order valence-electron chi connectivity index (χ0n) is 10.2. The summed E-state index contributed by atoms with van der Waals surface area (Å²) < 4.78 is 0. The predicted octanol–water partition coefficient (Wildman–Crippen LogP) is 2.64. The quantitative estimate of drug-likeness (QED) is 0.872. The van der Waals surface area contributed by atoms with E-state index in [0.717, 1.165) is 12.1 Å². The Balaban J connectivity index is 1.93. The number of aryl methyl sites for hydroxylation is 1. The van der Waals surface area contributed by atoms with Gasteiger partial charge >= 0.3 is 0 Å². The first-order valence-electron chi connectivity index (χ1n) is 5.79. The van der Waals surface area contributed by atoms with Gasteiger partial charge < -0.3 is 5.32 Å². The van der Waals surface area contributed by atoms with Crippen LogP contribution in [0.5, 0.6) is 0 Å². The lowest BCUT2D eigenvalue weighted by Gasteiger charge is -2.14. The van der Waals surface area contributed by atoms with Gasteiger partial charge in [0.15, 0.2) is 0 Å². The molecule has 1 heterocycles. The van der Waals surface area contributed by atoms with E-state index in [4.69, 9.17) is 0 Å². The van der Waals surface area contributed by atoms with Crippen molar-refractivity contribution in [2.75, 3.05) is 0 Å². The van der Waals surface area contributed by atoms with E-state index >= 15 is 0 Å². The van der Waals surface area contributed by atoms with E-state index in [-0.39, 0.29) is 0 Å². The summed E-state index contributed by atoms with van der Waals surface area (Å²) >= 11 is 0. The fourth-order valence-corrected chi connectivity index (χ4v) is 1.67. The predicted molar refractivity (Wildman–Crippen MR) is 68.5 cm³/mol. The zero-order valence-corrected chi connectivity index (χ0v) is 10.2. The fourth-order valence-electron chi connectivity index (χ4n) is 1.67. The van der Waals surface area contributed by atoms with Crippen molar-refractivity contribution in [1.29, 1.82) is 0 Å². The molecule has 2 aromatic rings. The summed E-state index contributed by atoms with van der Waals surface area (Å²) in [5.41, 5.74) is 3.69. The lowest BCUT2D eigenvalue weighted by molar-refractivity contribution is 0.572. The monoisotopic (exact) mass is 227 g/mol. The minimum absolute atomic E-state index is 0.329. The van der Waals surface area contributed by atoms with Crippen LogP contribution in [0.25, 0.3) is 0 Å². The Kier molecular flexibility index (Phi) is 3.83. The minimum Gasteiger partial charge on any atom is -0.306 e. The van der Waals surface area contributed by atoms with E-state index in [2.05, 4.69) is 53.4 Å². The minimum atomic E-state index is 0.329. The normalized spacial score (nSPS) is 12.4. The van der Waals surface area contributed by atoms with Crippen LogP contribution in [0.4, 0.5) is 0 Å². The highest BCUT2D eigenvalue weighted by Crippen LogP contribution is 2.13. The summed E-state index contributed by atoms with van der Waals surface area (Å²) in [6.45, 7) is 5.05. The molecule has 3 nitrogen and oxygen atoms in total. The topological polar surface area (TPSA) is 37.8 Å². The molecule has 1 atom stereocenters. The van der Waals surface area contributed by atoms with Crippen molar-refractivity contribution in [2.24, 2.45) is 0 Å². The van der Waals surface area contributed by atoms with E-state index < -0.39 is 0 Å². The van der Waals surface area contributed by atoms with Gasteiger partial charge in [-0.05, 0) is 19.4 Å². The maximum atomic E-state index is 4.00. The second kappa shape index (κ2) is 5.55. The van der Waals surface area contributed by atoms with Gasteiger partial charge in [0.1, 0.15) is 6.33 Å². The van der Waals surface area contributed by atoms with Crippen molar-refractivity contribution in [2.45, 2.75) is 26.4 Å². The van der Waals surface area contributed by atoms with Gasteiger partial charge in [0.25, 0.3) is 0 Å². The van der Waals surface area contributed by atoms with Gasteiger partial charge in [0.05, 0.1) is 0 Å². The molecule has 0 spiro atoms. The zero-order chi connectivity index (χ0) is 12.1. The third kappa shape index (κ3) is 3.36. The van der Waals surface area contributed by atoms with E-state index in [0.29, 0.717) is 6.04 Å². The number of benzene rings is 1. The first kappa shape index (κ1) is 11.7. The van der Waals surface area contributed by atoms with Gasteiger partial charge in [-0.2, -0.15) is 0 Å². The average molecular weight is 227 g/mol. The molecule has 17 heavy (non-hydrogen) atoms. The van der Waals surface area contributed by atoms with Gasteiger partial charge in [0, 0.05) is 30.5 Å². The largest absolute Gasteiger partial charge is 0.306 e. The average Bonchev–Trinajstić information content (AvgIpc) is 2.38. The van der Waals surface area contributed by atoms with E-state index in [1.54, 1.807) is 6.33 Å². The fraction of sp³-hybridized carbons (Fsp3) is 0.286. The molecule has 0 aliphatic heterocycles. The molecule has 3 heteroatoms. The SMILES string of the molecule is Cc1ccc([C@@H](C)NCc2cncnc2)cc1. The van der Waals surface area contributed by atoms with Crippen LogP contribution in [0.15, 0.2) is 43.0 Å². The van der Waals surface area contributed by atoms with Crippen molar-refractivity contribution < 1.29 is 0 Å². The standard InChI is InChI=1S/C14H17N3/c1-11-3-5-14(6-4-11)12(2)17-9-13-7-15-10-16-8-13/h3-8,10,12,17H,9H2,1-2H3/t12-/m1/s1. The van der Waals surface area contributed by atoms with Crippen LogP contribution in [0.2, 0.25) is 0 Å². The number of hydrogen-bond donors (Lipinski definition) is 1. The van der Waals surface area contributed by atoms with Gasteiger partial charge in [-0.15, -0.1) is 0 Å². The molecule has 0 bridgehead atoms. The first-order valence-corrected chi connectivity index (χ1v) is 5.79. The highest BCUT2D eigenvalue weighted by molar-refractivity contribution is 5.23. The van der Waals surface area contributed by atoms with E-state index in [9.17, 15) is 0 Å². The molecule has 0 aliphatic rings. The van der Waals surface area contributed by atoms with Crippen molar-refractivity contribution in [1.82, 2.24) is 15.3 Å². The van der Waals surface area contributed by atoms with Gasteiger partial charge in [0.2, 0.25) is 0 Å². The maximum absolute atomic E-state index is 4.00. The molecule has 0 saturated heterocycles. The summed E-state index contributed by atoms with van der Waals surface area (Å²) in [5.74, 6) is 0. The van der Waals surface area contributed by atoms with Crippen molar-refractivity contribution in [3.05, 3.63) is 59.7 Å². The molecule has 0 saturated carbocycles.